The predicted molar refractivity (Wildman–Crippen MR) is 68.0 cm³/mol. The van der Waals surface area contributed by atoms with Gasteiger partial charge in [-0.25, -0.2) is 12.2 Å². The first-order chi connectivity index (χ1) is 7.79. The molecule has 2 aliphatic rings. The third-order valence-electron chi connectivity index (χ3n) is 2.99. The zero-order chi connectivity index (χ0) is 11.4. The van der Waals surface area contributed by atoms with Crippen LogP contribution in [0.15, 0.2) is 48.1 Å². The molecule has 3 heteroatoms. The predicted octanol–water partition coefficient (Wildman–Crippen LogP) is -1.79. The number of allylic oxidation sites excluding steroid dienone is 5. The summed E-state index contributed by atoms with van der Waals surface area (Å²) in [5.41, 5.74) is 4.05. The van der Waals surface area contributed by atoms with Crippen molar-refractivity contribution in [2.75, 3.05) is 0 Å². The van der Waals surface area contributed by atoms with Crippen LogP contribution in [0.2, 0.25) is 0 Å². The Morgan fingerprint density at radius 3 is 2.32 bits per heavy atom. The van der Waals surface area contributed by atoms with Crippen LogP contribution >= 0.6 is 0 Å². The molecule has 0 nitrogen and oxygen atoms in total. The van der Waals surface area contributed by atoms with E-state index in [1.807, 2.05) is 12.2 Å². The summed E-state index contributed by atoms with van der Waals surface area (Å²) in [6.45, 7) is 4.37. The molecular formula is C16H16Cl2Zr. The van der Waals surface area contributed by atoms with E-state index in [-0.39, 0.29) is 51.0 Å². The summed E-state index contributed by atoms with van der Waals surface area (Å²) in [5, 5.41) is 0. The molecule has 0 radical (unpaired) electrons. The van der Waals surface area contributed by atoms with Gasteiger partial charge in [0.1, 0.15) is 0 Å². The van der Waals surface area contributed by atoms with E-state index in [0.29, 0.717) is 5.92 Å². The van der Waals surface area contributed by atoms with Crippen molar-refractivity contribution < 1.29 is 51.0 Å². The van der Waals surface area contributed by atoms with Crippen LogP contribution in [0.3, 0.4) is 0 Å². The molecule has 0 heterocycles. The number of benzene rings is 1. The SMILES string of the molecule is CC1=[C-]c2ccccc2C1C.[C-]1=CC=CC1.[Cl-].[Cl-].[Zr+4]. The fourth-order valence-corrected chi connectivity index (χ4v) is 1.88. The molecule has 1 aromatic carbocycles. The Labute approximate surface area is 148 Å². The molecule has 0 bridgehead atoms. The van der Waals surface area contributed by atoms with Gasteiger partial charge in [0, 0.05) is 0 Å². The molecule has 3 rings (SSSR count). The minimum Gasteiger partial charge on any atom is -1.00 e. The molecule has 0 aromatic heterocycles. The molecule has 0 fully saturated rings. The average Bonchev–Trinajstić information content (AvgIpc) is 2.93. The topological polar surface area (TPSA) is 0 Å². The second-order valence-corrected chi connectivity index (χ2v) is 4.12. The Kier molecular flexibility index (Phi) is 11.9. The van der Waals surface area contributed by atoms with E-state index in [0.717, 1.165) is 6.42 Å². The number of fused-ring (bicyclic) bond motifs is 1. The van der Waals surface area contributed by atoms with Gasteiger partial charge in [0.25, 0.3) is 0 Å². The summed E-state index contributed by atoms with van der Waals surface area (Å²) in [6, 6.07) is 8.47. The first kappa shape index (κ1) is 21.2. The van der Waals surface area contributed by atoms with Crippen LogP contribution in [0.4, 0.5) is 0 Å². The molecule has 19 heavy (non-hydrogen) atoms. The number of rotatable bonds is 0. The average molecular weight is 370 g/mol. The molecule has 1 unspecified atom stereocenters. The van der Waals surface area contributed by atoms with Gasteiger partial charge in [-0.3, -0.25) is 6.08 Å². The van der Waals surface area contributed by atoms with E-state index in [1.54, 1.807) is 0 Å². The summed E-state index contributed by atoms with van der Waals surface area (Å²) in [6.07, 6.45) is 13.4. The first-order valence-electron chi connectivity index (χ1n) is 5.70. The number of hydrogen-bond acceptors (Lipinski definition) is 0. The fourth-order valence-electron chi connectivity index (χ4n) is 1.88. The van der Waals surface area contributed by atoms with Gasteiger partial charge in [0.2, 0.25) is 0 Å². The van der Waals surface area contributed by atoms with Crippen molar-refractivity contribution in [2.45, 2.75) is 26.2 Å². The maximum atomic E-state index is 3.36. The van der Waals surface area contributed by atoms with E-state index < -0.39 is 0 Å². The van der Waals surface area contributed by atoms with Gasteiger partial charge in [-0.05, 0) is 0 Å². The monoisotopic (exact) mass is 368 g/mol. The van der Waals surface area contributed by atoms with Crippen LogP contribution in [-0.4, -0.2) is 0 Å². The molecule has 2 aliphatic carbocycles. The van der Waals surface area contributed by atoms with Gasteiger partial charge in [-0.15, -0.1) is 29.7 Å². The van der Waals surface area contributed by atoms with Crippen LogP contribution < -0.4 is 24.8 Å². The van der Waals surface area contributed by atoms with Crippen LogP contribution in [0.25, 0.3) is 0 Å². The van der Waals surface area contributed by atoms with Gasteiger partial charge in [-0.2, -0.15) is 23.8 Å². The summed E-state index contributed by atoms with van der Waals surface area (Å²) in [7, 11) is 0. The largest absolute Gasteiger partial charge is 4.00 e. The molecule has 0 saturated carbocycles. The molecule has 1 atom stereocenters. The van der Waals surface area contributed by atoms with Crippen molar-refractivity contribution in [3.8, 4) is 0 Å². The van der Waals surface area contributed by atoms with Crippen molar-refractivity contribution >= 4 is 0 Å². The molecule has 98 valence electrons. The van der Waals surface area contributed by atoms with Crippen molar-refractivity contribution in [1.29, 1.82) is 0 Å². The van der Waals surface area contributed by atoms with Crippen molar-refractivity contribution in [3.05, 3.63) is 71.3 Å². The standard InChI is InChI=1S/C11H11.C5H5.2ClH.Zr/c1-8-7-10-5-3-4-6-11(10)9(8)2;1-2-4-5-3-1;;;/h3-6,9H,1-2H3;1-3H,4H2;2*1H;/q2*-1;;;+4/p-2. The van der Waals surface area contributed by atoms with Crippen LogP contribution in [0, 0.1) is 12.2 Å². The fraction of sp³-hybridized carbons (Fsp3) is 0.250. The summed E-state index contributed by atoms with van der Waals surface area (Å²) in [5.74, 6) is 0.575. The molecular weight excluding hydrogens is 354 g/mol. The smallest absolute Gasteiger partial charge is 1.00 e. The minimum atomic E-state index is 0. The number of hydrogen-bond donors (Lipinski definition) is 0. The quantitative estimate of drug-likeness (QED) is 0.474. The normalized spacial score (nSPS) is 16.9. The molecule has 0 N–H and O–H groups in total. The third-order valence-corrected chi connectivity index (χ3v) is 2.99. The molecule has 0 aliphatic heterocycles. The summed E-state index contributed by atoms with van der Waals surface area (Å²) in [4.78, 5) is 0. The van der Waals surface area contributed by atoms with Crippen LogP contribution in [-0.2, 0) is 26.2 Å². The second-order valence-electron chi connectivity index (χ2n) is 4.12. The van der Waals surface area contributed by atoms with Gasteiger partial charge < -0.3 is 24.8 Å². The maximum absolute atomic E-state index is 3.36. The van der Waals surface area contributed by atoms with E-state index in [2.05, 4.69) is 56.3 Å². The first-order valence-corrected chi connectivity index (χ1v) is 5.70. The molecule has 1 aromatic rings. The Hall–Kier alpha value is -0.0969. The zero-order valence-corrected chi connectivity index (χ0v) is 15.1. The Balaban J connectivity index is 0. The second kappa shape index (κ2) is 10.7. The van der Waals surface area contributed by atoms with Crippen molar-refractivity contribution in [1.82, 2.24) is 0 Å². The molecule has 0 saturated heterocycles. The maximum Gasteiger partial charge on any atom is 4.00 e. The summed E-state index contributed by atoms with van der Waals surface area (Å²) >= 11 is 0. The molecule has 0 spiro atoms. The van der Waals surface area contributed by atoms with E-state index in [9.17, 15) is 0 Å². The zero-order valence-electron chi connectivity index (χ0n) is 11.1. The van der Waals surface area contributed by atoms with Gasteiger partial charge in [0.05, 0.1) is 0 Å². The Morgan fingerprint density at radius 2 is 1.84 bits per heavy atom. The van der Waals surface area contributed by atoms with Gasteiger partial charge in [0.15, 0.2) is 0 Å². The van der Waals surface area contributed by atoms with E-state index in [4.69, 9.17) is 0 Å². The van der Waals surface area contributed by atoms with E-state index in [1.165, 1.54) is 16.7 Å². The van der Waals surface area contributed by atoms with Gasteiger partial charge in [-0.1, -0.05) is 25.8 Å². The van der Waals surface area contributed by atoms with Crippen molar-refractivity contribution in [3.63, 3.8) is 0 Å². The van der Waals surface area contributed by atoms with Gasteiger partial charge >= 0.3 is 26.2 Å². The van der Waals surface area contributed by atoms with Crippen molar-refractivity contribution in [2.24, 2.45) is 0 Å². The Bertz CT molecular complexity index is 452. The number of halogens is 2. The minimum absolute atomic E-state index is 0. The Morgan fingerprint density at radius 1 is 1.16 bits per heavy atom. The van der Waals surface area contributed by atoms with Crippen LogP contribution in [0.5, 0.6) is 0 Å². The molecule has 0 amide bonds. The third kappa shape index (κ3) is 5.82. The van der Waals surface area contributed by atoms with E-state index >= 15 is 0 Å². The van der Waals surface area contributed by atoms with Crippen LogP contribution in [0.1, 0.15) is 37.3 Å². The summed E-state index contributed by atoms with van der Waals surface area (Å²) < 4.78 is 0.